The van der Waals surface area contributed by atoms with Gasteiger partial charge in [0, 0.05) is 6.04 Å². The number of nitrogens with zero attached hydrogens (tertiary/aromatic N) is 1. The van der Waals surface area contributed by atoms with Crippen molar-refractivity contribution < 1.29 is 4.92 Å². The fourth-order valence-electron chi connectivity index (χ4n) is 2.12. The maximum Gasteiger partial charge on any atom is 0.310 e. The standard InChI is InChI=1S/C14H21ClN2O2/c1-3-5-8-11(7-4-2)16-13-10-6-9-12(15)14(13)17(18)19/h6,9-11,16H,3-5,7-8H2,1-2H3. The second-order valence-electron chi connectivity index (χ2n) is 4.67. The van der Waals surface area contributed by atoms with E-state index in [2.05, 4.69) is 19.2 Å². The fourth-order valence-corrected chi connectivity index (χ4v) is 2.37. The molecule has 0 heterocycles. The highest BCUT2D eigenvalue weighted by Gasteiger charge is 2.20. The molecule has 0 spiro atoms. The lowest BCUT2D eigenvalue weighted by Gasteiger charge is -2.19. The summed E-state index contributed by atoms with van der Waals surface area (Å²) in [7, 11) is 0. The molecule has 0 aliphatic carbocycles. The second kappa shape index (κ2) is 8.00. The molecule has 106 valence electrons. The van der Waals surface area contributed by atoms with Crippen LogP contribution in [0.2, 0.25) is 5.02 Å². The van der Waals surface area contributed by atoms with Crippen molar-refractivity contribution in [2.24, 2.45) is 0 Å². The third-order valence-corrected chi connectivity index (χ3v) is 3.38. The van der Waals surface area contributed by atoms with Gasteiger partial charge in [0.2, 0.25) is 0 Å². The molecule has 0 bridgehead atoms. The highest BCUT2D eigenvalue weighted by Crippen LogP contribution is 2.33. The van der Waals surface area contributed by atoms with E-state index < -0.39 is 4.92 Å². The molecule has 1 atom stereocenters. The Morgan fingerprint density at radius 1 is 1.32 bits per heavy atom. The fraction of sp³-hybridized carbons (Fsp3) is 0.571. The second-order valence-corrected chi connectivity index (χ2v) is 5.07. The molecule has 5 heteroatoms. The van der Waals surface area contributed by atoms with Crippen molar-refractivity contribution >= 4 is 23.0 Å². The molecule has 1 rings (SSSR count). The highest BCUT2D eigenvalue weighted by molar-refractivity contribution is 6.33. The van der Waals surface area contributed by atoms with Gasteiger partial charge in [0.05, 0.1) is 4.92 Å². The van der Waals surface area contributed by atoms with Crippen molar-refractivity contribution in [2.75, 3.05) is 5.32 Å². The maximum absolute atomic E-state index is 11.1. The quantitative estimate of drug-likeness (QED) is 0.539. The van der Waals surface area contributed by atoms with Crippen LogP contribution in [0.25, 0.3) is 0 Å². The number of anilines is 1. The summed E-state index contributed by atoms with van der Waals surface area (Å²) in [6.45, 7) is 4.26. The summed E-state index contributed by atoms with van der Waals surface area (Å²) in [4.78, 5) is 10.7. The van der Waals surface area contributed by atoms with Gasteiger partial charge in [-0.15, -0.1) is 0 Å². The molecule has 0 saturated carbocycles. The minimum Gasteiger partial charge on any atom is -0.377 e. The molecule has 4 nitrogen and oxygen atoms in total. The molecule has 0 aliphatic rings. The van der Waals surface area contributed by atoms with Crippen molar-refractivity contribution in [2.45, 2.75) is 52.0 Å². The van der Waals surface area contributed by atoms with E-state index in [0.717, 1.165) is 32.1 Å². The van der Waals surface area contributed by atoms with Crippen molar-refractivity contribution in [3.8, 4) is 0 Å². The predicted molar refractivity (Wildman–Crippen MR) is 80.0 cm³/mol. The van der Waals surface area contributed by atoms with Gasteiger partial charge in [-0.1, -0.05) is 50.8 Å². The summed E-state index contributed by atoms with van der Waals surface area (Å²) in [5, 5.41) is 14.5. The Labute approximate surface area is 119 Å². The molecule has 0 fully saturated rings. The Balaban J connectivity index is 2.89. The first-order valence-electron chi connectivity index (χ1n) is 6.79. The number of hydrogen-bond acceptors (Lipinski definition) is 3. The molecular formula is C14H21ClN2O2. The lowest BCUT2D eigenvalue weighted by atomic mass is 10.0. The topological polar surface area (TPSA) is 55.2 Å². The number of nitro groups is 1. The number of para-hydroxylation sites is 1. The van der Waals surface area contributed by atoms with Crippen molar-refractivity contribution in [1.29, 1.82) is 0 Å². The first-order chi connectivity index (χ1) is 9.10. The van der Waals surface area contributed by atoms with Crippen LogP contribution in [0.1, 0.15) is 46.0 Å². The van der Waals surface area contributed by atoms with E-state index in [1.807, 2.05) is 0 Å². The molecule has 0 amide bonds. The minimum absolute atomic E-state index is 0.0261. The summed E-state index contributed by atoms with van der Waals surface area (Å²) < 4.78 is 0. The molecule has 0 aliphatic heterocycles. The highest BCUT2D eigenvalue weighted by atomic mass is 35.5. The normalized spacial score (nSPS) is 12.2. The minimum atomic E-state index is -0.423. The van der Waals surface area contributed by atoms with Crippen LogP contribution < -0.4 is 5.32 Å². The lowest BCUT2D eigenvalue weighted by Crippen LogP contribution is -2.19. The molecular weight excluding hydrogens is 264 g/mol. The summed E-state index contributed by atoms with van der Waals surface area (Å²) in [5.74, 6) is 0. The van der Waals surface area contributed by atoms with Gasteiger partial charge in [-0.25, -0.2) is 0 Å². The lowest BCUT2D eigenvalue weighted by molar-refractivity contribution is -0.383. The Kier molecular flexibility index (Phi) is 6.64. The summed E-state index contributed by atoms with van der Waals surface area (Å²) >= 11 is 5.91. The van der Waals surface area contributed by atoms with Crippen LogP contribution in [-0.4, -0.2) is 11.0 Å². The van der Waals surface area contributed by atoms with Crippen LogP contribution in [0, 0.1) is 10.1 Å². The van der Waals surface area contributed by atoms with Gasteiger partial charge in [-0.05, 0) is 25.0 Å². The van der Waals surface area contributed by atoms with E-state index in [0.29, 0.717) is 5.69 Å². The largest absolute Gasteiger partial charge is 0.377 e. The van der Waals surface area contributed by atoms with E-state index in [9.17, 15) is 10.1 Å². The zero-order chi connectivity index (χ0) is 14.3. The third-order valence-electron chi connectivity index (χ3n) is 3.07. The van der Waals surface area contributed by atoms with Gasteiger partial charge in [0.15, 0.2) is 0 Å². The molecule has 1 aromatic rings. The first-order valence-corrected chi connectivity index (χ1v) is 7.17. The Bertz CT molecular complexity index is 424. The van der Waals surface area contributed by atoms with Crippen LogP contribution >= 0.6 is 11.6 Å². The van der Waals surface area contributed by atoms with Gasteiger partial charge in [-0.2, -0.15) is 0 Å². The Morgan fingerprint density at radius 3 is 2.63 bits per heavy atom. The smallest absolute Gasteiger partial charge is 0.310 e. The van der Waals surface area contributed by atoms with E-state index >= 15 is 0 Å². The molecule has 0 saturated heterocycles. The van der Waals surface area contributed by atoms with Gasteiger partial charge in [0.25, 0.3) is 0 Å². The number of halogens is 1. The molecule has 0 aromatic heterocycles. The van der Waals surface area contributed by atoms with E-state index in [1.54, 1.807) is 18.2 Å². The van der Waals surface area contributed by atoms with E-state index in [-0.39, 0.29) is 16.8 Å². The van der Waals surface area contributed by atoms with E-state index in [4.69, 9.17) is 11.6 Å². The zero-order valence-electron chi connectivity index (χ0n) is 11.5. The van der Waals surface area contributed by atoms with Crippen LogP contribution in [0.5, 0.6) is 0 Å². The predicted octanol–water partition coefficient (Wildman–Crippen LogP) is 5.02. The average molecular weight is 285 g/mol. The van der Waals surface area contributed by atoms with Crippen LogP contribution in [0.4, 0.5) is 11.4 Å². The number of rotatable bonds is 8. The number of unbranched alkanes of at least 4 members (excludes halogenated alkanes) is 1. The maximum atomic E-state index is 11.1. The molecule has 1 N–H and O–H groups in total. The van der Waals surface area contributed by atoms with Crippen LogP contribution in [0.3, 0.4) is 0 Å². The summed E-state index contributed by atoms with van der Waals surface area (Å²) in [5.41, 5.74) is 0.494. The Hall–Kier alpha value is -1.29. The summed E-state index contributed by atoms with van der Waals surface area (Å²) in [6.07, 6.45) is 5.32. The molecule has 19 heavy (non-hydrogen) atoms. The summed E-state index contributed by atoms with van der Waals surface area (Å²) in [6, 6.07) is 5.27. The zero-order valence-corrected chi connectivity index (χ0v) is 12.2. The number of benzene rings is 1. The molecule has 1 aromatic carbocycles. The van der Waals surface area contributed by atoms with Gasteiger partial charge in [0.1, 0.15) is 10.7 Å². The monoisotopic (exact) mass is 284 g/mol. The van der Waals surface area contributed by atoms with Gasteiger partial charge >= 0.3 is 5.69 Å². The van der Waals surface area contributed by atoms with E-state index in [1.165, 1.54) is 0 Å². The van der Waals surface area contributed by atoms with Crippen LogP contribution in [0.15, 0.2) is 18.2 Å². The van der Waals surface area contributed by atoms with Crippen molar-refractivity contribution in [3.05, 3.63) is 33.3 Å². The molecule has 0 radical (unpaired) electrons. The van der Waals surface area contributed by atoms with Gasteiger partial charge in [-0.3, -0.25) is 10.1 Å². The third kappa shape index (κ3) is 4.71. The molecule has 1 unspecified atom stereocenters. The average Bonchev–Trinajstić information content (AvgIpc) is 2.35. The van der Waals surface area contributed by atoms with Crippen molar-refractivity contribution in [3.63, 3.8) is 0 Å². The number of nitrogens with one attached hydrogen (secondary N) is 1. The van der Waals surface area contributed by atoms with Crippen molar-refractivity contribution in [1.82, 2.24) is 0 Å². The number of nitro benzene ring substituents is 1. The van der Waals surface area contributed by atoms with Crippen LogP contribution in [-0.2, 0) is 0 Å². The Morgan fingerprint density at radius 2 is 2.05 bits per heavy atom. The SMILES string of the molecule is CCCCC(CCC)Nc1cccc(Cl)c1[N+](=O)[O-]. The number of hydrogen-bond donors (Lipinski definition) is 1. The first kappa shape index (κ1) is 15.8. The van der Waals surface area contributed by atoms with Gasteiger partial charge < -0.3 is 5.32 Å².